The largest absolute Gasteiger partial charge is 0.466 e. The summed E-state index contributed by atoms with van der Waals surface area (Å²) in [7, 11) is 0. The van der Waals surface area contributed by atoms with Crippen LogP contribution in [0.2, 0.25) is 5.02 Å². The van der Waals surface area contributed by atoms with Crippen LogP contribution in [0.1, 0.15) is 27.0 Å². The molecule has 0 radical (unpaired) electrons. The van der Waals surface area contributed by atoms with E-state index in [0.717, 1.165) is 0 Å². The SMILES string of the molecule is CC(C)(C)C(O)C(Oc1ccc(Cl)cc1)n1cncn1.c1c[nH]nn1. The summed E-state index contributed by atoms with van der Waals surface area (Å²) >= 11 is 5.85. The van der Waals surface area contributed by atoms with Crippen molar-refractivity contribution in [2.24, 2.45) is 5.41 Å². The molecule has 0 aliphatic rings. The molecule has 0 aliphatic heterocycles. The van der Waals surface area contributed by atoms with Crippen molar-refractivity contribution in [1.29, 1.82) is 0 Å². The van der Waals surface area contributed by atoms with E-state index in [1.807, 2.05) is 20.8 Å². The molecule has 0 saturated carbocycles. The Morgan fingerprint density at radius 2 is 1.96 bits per heavy atom. The van der Waals surface area contributed by atoms with Crippen molar-refractivity contribution in [2.45, 2.75) is 33.1 Å². The van der Waals surface area contributed by atoms with Gasteiger partial charge in [-0.1, -0.05) is 37.6 Å². The minimum Gasteiger partial charge on any atom is -0.466 e. The van der Waals surface area contributed by atoms with Crippen molar-refractivity contribution in [3.05, 3.63) is 54.3 Å². The van der Waals surface area contributed by atoms with Crippen molar-refractivity contribution < 1.29 is 9.84 Å². The zero-order valence-electron chi connectivity index (χ0n) is 14.2. The van der Waals surface area contributed by atoms with Crippen molar-refractivity contribution in [1.82, 2.24) is 30.2 Å². The first-order valence-electron chi connectivity index (χ1n) is 7.63. The number of rotatable bonds is 4. The molecule has 3 rings (SSSR count). The van der Waals surface area contributed by atoms with Gasteiger partial charge in [-0.25, -0.2) is 9.67 Å². The molecule has 0 spiro atoms. The van der Waals surface area contributed by atoms with Crippen LogP contribution < -0.4 is 4.74 Å². The van der Waals surface area contributed by atoms with E-state index in [2.05, 4.69) is 25.5 Å². The summed E-state index contributed by atoms with van der Waals surface area (Å²) in [6.45, 7) is 5.81. The average Bonchev–Trinajstić information content (AvgIpc) is 3.28. The fourth-order valence-corrected chi connectivity index (χ4v) is 1.98. The lowest BCUT2D eigenvalue weighted by Crippen LogP contribution is -2.38. The third kappa shape index (κ3) is 5.84. The zero-order chi connectivity index (χ0) is 18.3. The van der Waals surface area contributed by atoms with Gasteiger partial charge >= 0.3 is 0 Å². The number of benzene rings is 1. The van der Waals surface area contributed by atoms with Crippen LogP contribution in [0.3, 0.4) is 0 Å². The molecular weight excluding hydrogens is 344 g/mol. The number of halogens is 1. The molecule has 0 bridgehead atoms. The third-order valence-electron chi connectivity index (χ3n) is 3.26. The Bertz CT molecular complexity index is 693. The second-order valence-electron chi connectivity index (χ2n) is 6.31. The lowest BCUT2D eigenvalue weighted by Gasteiger charge is -2.32. The number of ether oxygens (including phenoxy) is 1. The van der Waals surface area contributed by atoms with Crippen molar-refractivity contribution in [2.75, 3.05) is 0 Å². The molecule has 0 fully saturated rings. The second kappa shape index (κ2) is 8.59. The fourth-order valence-electron chi connectivity index (χ4n) is 1.86. The number of aromatic amines is 1. The Balaban J connectivity index is 0.000000386. The van der Waals surface area contributed by atoms with Gasteiger partial charge in [-0.15, -0.1) is 5.10 Å². The summed E-state index contributed by atoms with van der Waals surface area (Å²) < 4.78 is 7.36. The summed E-state index contributed by atoms with van der Waals surface area (Å²) in [4.78, 5) is 3.90. The van der Waals surface area contributed by atoms with Crippen LogP contribution in [0.15, 0.2) is 49.3 Å². The topological polar surface area (TPSA) is 102 Å². The Kier molecular flexibility index (Phi) is 6.49. The van der Waals surface area contributed by atoms with E-state index in [0.29, 0.717) is 10.8 Å². The minimum absolute atomic E-state index is 0.358. The summed E-state index contributed by atoms with van der Waals surface area (Å²) in [6.07, 6.45) is 4.77. The average molecular weight is 365 g/mol. The van der Waals surface area contributed by atoms with Crippen LogP contribution in [-0.2, 0) is 0 Å². The van der Waals surface area contributed by atoms with Gasteiger partial charge in [0, 0.05) is 11.2 Å². The van der Waals surface area contributed by atoms with Gasteiger partial charge in [-0.3, -0.25) is 5.10 Å². The van der Waals surface area contributed by atoms with Gasteiger partial charge in [-0.2, -0.15) is 5.10 Å². The van der Waals surface area contributed by atoms with Crippen molar-refractivity contribution in [3.63, 3.8) is 0 Å². The molecule has 0 aliphatic carbocycles. The smallest absolute Gasteiger partial charge is 0.219 e. The first-order chi connectivity index (χ1) is 11.9. The minimum atomic E-state index is -0.750. The molecular formula is C16H21ClN6O2. The number of nitrogens with zero attached hydrogens (tertiary/aromatic N) is 5. The predicted octanol–water partition coefficient (Wildman–Crippen LogP) is 2.72. The van der Waals surface area contributed by atoms with E-state index in [-0.39, 0.29) is 5.41 Å². The summed E-state index contributed by atoms with van der Waals surface area (Å²) in [5.74, 6) is 0.609. The molecule has 2 atom stereocenters. The number of hydrogen-bond acceptors (Lipinski definition) is 6. The van der Waals surface area contributed by atoms with E-state index in [9.17, 15) is 5.11 Å². The number of nitrogens with one attached hydrogen (secondary N) is 1. The predicted molar refractivity (Wildman–Crippen MR) is 93.0 cm³/mol. The zero-order valence-corrected chi connectivity index (χ0v) is 15.0. The van der Waals surface area contributed by atoms with Crippen molar-refractivity contribution in [3.8, 4) is 5.75 Å². The standard InChI is InChI=1S/C14H18ClN3O2.C2H3N3/c1-14(2,3)12(19)13(18-9-16-8-17-18)20-11-6-4-10(15)5-7-11;1-2-4-5-3-1/h4-9,12-13,19H,1-3H3;1-2H,(H,3,4,5). The van der Waals surface area contributed by atoms with Crippen LogP contribution >= 0.6 is 11.6 Å². The van der Waals surface area contributed by atoms with E-state index in [1.165, 1.54) is 17.3 Å². The number of hydrogen-bond donors (Lipinski definition) is 2. The number of aliphatic hydroxyl groups excluding tert-OH is 1. The lowest BCUT2D eigenvalue weighted by molar-refractivity contribution is -0.0731. The van der Waals surface area contributed by atoms with E-state index < -0.39 is 12.3 Å². The Morgan fingerprint density at radius 3 is 2.40 bits per heavy atom. The Morgan fingerprint density at radius 1 is 1.24 bits per heavy atom. The number of aromatic nitrogens is 6. The molecule has 3 aromatic rings. The van der Waals surface area contributed by atoms with Gasteiger partial charge in [0.25, 0.3) is 0 Å². The van der Waals surface area contributed by atoms with Gasteiger partial charge in [0.2, 0.25) is 6.23 Å². The molecule has 2 unspecified atom stereocenters. The molecule has 2 heterocycles. The maximum Gasteiger partial charge on any atom is 0.219 e. The molecule has 2 N–H and O–H groups in total. The van der Waals surface area contributed by atoms with Crippen LogP contribution in [0.25, 0.3) is 0 Å². The second-order valence-corrected chi connectivity index (χ2v) is 6.75. The fraction of sp³-hybridized carbons (Fsp3) is 0.375. The highest BCUT2D eigenvalue weighted by molar-refractivity contribution is 6.30. The van der Waals surface area contributed by atoms with Gasteiger partial charge in [-0.05, 0) is 29.7 Å². The van der Waals surface area contributed by atoms with Gasteiger partial charge in [0.15, 0.2) is 0 Å². The van der Waals surface area contributed by atoms with Crippen LogP contribution in [0, 0.1) is 5.41 Å². The van der Waals surface area contributed by atoms with E-state index in [1.54, 1.807) is 36.7 Å². The normalized spacial score (nSPS) is 13.5. The first-order valence-corrected chi connectivity index (χ1v) is 8.00. The number of aliphatic hydroxyl groups is 1. The van der Waals surface area contributed by atoms with E-state index >= 15 is 0 Å². The molecule has 9 heteroatoms. The first kappa shape index (κ1) is 18.9. The van der Waals surface area contributed by atoms with E-state index in [4.69, 9.17) is 16.3 Å². The molecule has 8 nitrogen and oxygen atoms in total. The molecule has 134 valence electrons. The van der Waals surface area contributed by atoms with Gasteiger partial charge in [0.1, 0.15) is 24.5 Å². The molecule has 1 aromatic carbocycles. The van der Waals surface area contributed by atoms with Crippen LogP contribution in [0.5, 0.6) is 5.75 Å². The van der Waals surface area contributed by atoms with Crippen LogP contribution in [0.4, 0.5) is 0 Å². The highest BCUT2D eigenvalue weighted by Gasteiger charge is 2.34. The Labute approximate surface area is 150 Å². The molecule has 0 amide bonds. The maximum atomic E-state index is 10.5. The summed E-state index contributed by atoms with van der Waals surface area (Å²) in [5, 5.41) is 24.4. The lowest BCUT2D eigenvalue weighted by atomic mass is 9.88. The van der Waals surface area contributed by atoms with Gasteiger partial charge in [0.05, 0.1) is 6.20 Å². The highest BCUT2D eigenvalue weighted by Crippen LogP contribution is 2.30. The summed E-state index contributed by atoms with van der Waals surface area (Å²) in [6, 6.07) is 6.97. The quantitative estimate of drug-likeness (QED) is 0.738. The molecule has 0 saturated heterocycles. The van der Waals surface area contributed by atoms with Crippen LogP contribution in [-0.4, -0.2) is 41.4 Å². The monoisotopic (exact) mass is 364 g/mol. The van der Waals surface area contributed by atoms with Gasteiger partial charge < -0.3 is 9.84 Å². The summed E-state index contributed by atoms with van der Waals surface area (Å²) in [5.41, 5.74) is -0.358. The highest BCUT2D eigenvalue weighted by atomic mass is 35.5. The number of H-pyrrole nitrogens is 1. The third-order valence-corrected chi connectivity index (χ3v) is 3.51. The molecule has 2 aromatic heterocycles. The maximum absolute atomic E-state index is 10.5. The Hall–Kier alpha value is -2.45. The van der Waals surface area contributed by atoms with Crippen molar-refractivity contribution >= 4 is 11.6 Å². The molecule has 25 heavy (non-hydrogen) atoms.